The van der Waals surface area contributed by atoms with Gasteiger partial charge in [-0.2, -0.15) is 0 Å². The molecular formula is C22H22ClNO. The maximum Gasteiger partial charge on any atom is 0.0775 e. The van der Waals surface area contributed by atoms with Crippen LogP contribution >= 0.6 is 12.4 Å². The lowest BCUT2D eigenvalue weighted by molar-refractivity contribution is 0.140. The highest BCUT2D eigenvalue weighted by Gasteiger charge is 2.29. The molecule has 0 fully saturated rings. The molecule has 0 saturated heterocycles. The molecule has 0 radical (unpaired) electrons. The maximum atomic E-state index is 10.4. The van der Waals surface area contributed by atoms with E-state index in [2.05, 4.69) is 66.0 Å². The van der Waals surface area contributed by atoms with Crippen LogP contribution in [0.2, 0.25) is 0 Å². The Balaban J connectivity index is 0.00000182. The molecule has 2 nitrogen and oxygen atoms in total. The molecule has 2 N–H and O–H groups in total. The molecule has 25 heavy (non-hydrogen) atoms. The number of benzene rings is 3. The third kappa shape index (κ3) is 3.77. The topological polar surface area (TPSA) is 32.3 Å². The van der Waals surface area contributed by atoms with Crippen molar-refractivity contribution in [3.63, 3.8) is 0 Å². The predicted molar refractivity (Wildman–Crippen MR) is 105 cm³/mol. The molecule has 3 aromatic rings. The van der Waals surface area contributed by atoms with Crippen LogP contribution < -0.4 is 5.32 Å². The van der Waals surface area contributed by atoms with E-state index in [1.807, 2.05) is 18.2 Å². The van der Waals surface area contributed by atoms with Crippen molar-refractivity contribution < 1.29 is 5.11 Å². The van der Waals surface area contributed by atoms with Crippen LogP contribution in [0.3, 0.4) is 0 Å². The average Bonchev–Trinajstić information content (AvgIpc) is 2.96. The van der Waals surface area contributed by atoms with Gasteiger partial charge in [-0.15, -0.1) is 12.4 Å². The van der Waals surface area contributed by atoms with Gasteiger partial charge in [-0.05, 0) is 33.9 Å². The van der Waals surface area contributed by atoms with Gasteiger partial charge in [-0.1, -0.05) is 72.8 Å². The summed E-state index contributed by atoms with van der Waals surface area (Å²) >= 11 is 0. The Morgan fingerprint density at radius 1 is 0.840 bits per heavy atom. The van der Waals surface area contributed by atoms with Gasteiger partial charge in [0.2, 0.25) is 0 Å². The lowest BCUT2D eigenvalue weighted by Gasteiger charge is -2.18. The molecule has 0 amide bonds. The van der Waals surface area contributed by atoms with E-state index in [1.165, 1.54) is 27.8 Å². The van der Waals surface area contributed by atoms with E-state index < -0.39 is 0 Å². The standard InChI is InChI=1S/C22H21NO.ClH/c24-21-14-19-10-4-5-12-20(19)22(21)23-15-16-7-6-11-18(13-16)17-8-2-1-3-9-17;/h1-13,21-24H,14-15H2;1H/t21-,22+;/m1./s1. The number of nitrogens with one attached hydrogen (secondary N) is 1. The molecule has 0 aliphatic heterocycles. The fraction of sp³-hybridized carbons (Fsp3) is 0.182. The maximum absolute atomic E-state index is 10.4. The van der Waals surface area contributed by atoms with Crippen LogP contribution in [-0.2, 0) is 13.0 Å². The summed E-state index contributed by atoms with van der Waals surface area (Å²) in [7, 11) is 0. The van der Waals surface area contributed by atoms with Crippen molar-refractivity contribution in [3.8, 4) is 11.1 Å². The van der Waals surface area contributed by atoms with E-state index in [1.54, 1.807) is 0 Å². The van der Waals surface area contributed by atoms with Gasteiger partial charge in [0.05, 0.1) is 12.1 Å². The van der Waals surface area contributed by atoms with Crippen molar-refractivity contribution in [2.24, 2.45) is 0 Å². The second kappa shape index (κ2) is 7.83. The number of halogens is 1. The molecule has 0 heterocycles. The lowest BCUT2D eigenvalue weighted by Crippen LogP contribution is -2.28. The molecule has 3 aromatic carbocycles. The first-order valence-corrected chi connectivity index (χ1v) is 8.45. The van der Waals surface area contributed by atoms with Crippen molar-refractivity contribution >= 4 is 12.4 Å². The van der Waals surface area contributed by atoms with E-state index in [9.17, 15) is 5.11 Å². The Hall–Kier alpha value is -2.13. The number of fused-ring (bicyclic) bond motifs is 1. The van der Waals surface area contributed by atoms with Crippen LogP contribution in [0.4, 0.5) is 0 Å². The Kier molecular flexibility index (Phi) is 5.54. The van der Waals surface area contributed by atoms with Crippen LogP contribution in [0.5, 0.6) is 0 Å². The van der Waals surface area contributed by atoms with Crippen LogP contribution in [0, 0.1) is 0 Å². The summed E-state index contributed by atoms with van der Waals surface area (Å²) in [6.45, 7) is 0.747. The smallest absolute Gasteiger partial charge is 0.0775 e. The van der Waals surface area contributed by atoms with Crippen LogP contribution in [0.25, 0.3) is 11.1 Å². The minimum atomic E-state index is -0.347. The third-order valence-electron chi connectivity index (χ3n) is 4.76. The summed E-state index contributed by atoms with van der Waals surface area (Å²) in [6.07, 6.45) is 0.387. The van der Waals surface area contributed by atoms with Gasteiger partial charge in [0.25, 0.3) is 0 Å². The zero-order valence-corrected chi connectivity index (χ0v) is 14.7. The van der Waals surface area contributed by atoms with Crippen LogP contribution in [0.15, 0.2) is 78.9 Å². The molecule has 1 aliphatic carbocycles. The average molecular weight is 352 g/mol. The summed E-state index contributed by atoms with van der Waals surface area (Å²) in [4.78, 5) is 0. The monoisotopic (exact) mass is 351 g/mol. The van der Waals surface area contributed by atoms with Crippen molar-refractivity contribution in [3.05, 3.63) is 95.6 Å². The molecule has 3 heteroatoms. The molecule has 0 aromatic heterocycles. The molecular weight excluding hydrogens is 330 g/mol. The normalized spacial score (nSPS) is 18.4. The molecule has 2 atom stereocenters. The SMILES string of the molecule is Cl.O[C@@H]1Cc2ccccc2[C@@H]1NCc1cccc(-c2ccccc2)c1. The first-order valence-electron chi connectivity index (χ1n) is 8.45. The Morgan fingerprint density at radius 2 is 1.56 bits per heavy atom. The zero-order valence-electron chi connectivity index (χ0n) is 13.9. The summed E-state index contributed by atoms with van der Waals surface area (Å²) in [5, 5.41) is 13.9. The number of hydrogen-bond donors (Lipinski definition) is 2. The first-order chi connectivity index (χ1) is 11.8. The Labute approximate surface area is 154 Å². The summed E-state index contributed by atoms with van der Waals surface area (Å²) < 4.78 is 0. The van der Waals surface area contributed by atoms with E-state index in [0.29, 0.717) is 0 Å². The third-order valence-corrected chi connectivity index (χ3v) is 4.76. The minimum absolute atomic E-state index is 0. The molecule has 0 unspecified atom stereocenters. The van der Waals surface area contributed by atoms with Crippen LogP contribution in [0.1, 0.15) is 22.7 Å². The zero-order chi connectivity index (χ0) is 16.4. The van der Waals surface area contributed by atoms with Crippen LogP contribution in [-0.4, -0.2) is 11.2 Å². The fourth-order valence-corrected chi connectivity index (χ4v) is 3.54. The number of hydrogen-bond acceptors (Lipinski definition) is 2. The van der Waals surface area contributed by atoms with Gasteiger partial charge in [-0.3, -0.25) is 0 Å². The Bertz CT molecular complexity index is 834. The van der Waals surface area contributed by atoms with Gasteiger partial charge in [-0.25, -0.2) is 0 Å². The number of rotatable bonds is 4. The van der Waals surface area contributed by atoms with Gasteiger partial charge in [0.1, 0.15) is 0 Å². The van der Waals surface area contributed by atoms with Gasteiger partial charge >= 0.3 is 0 Å². The molecule has 0 spiro atoms. The van der Waals surface area contributed by atoms with E-state index in [0.717, 1.165) is 13.0 Å². The quantitative estimate of drug-likeness (QED) is 0.724. The molecule has 0 bridgehead atoms. The molecule has 1 aliphatic rings. The van der Waals surface area contributed by atoms with Gasteiger partial charge < -0.3 is 10.4 Å². The highest BCUT2D eigenvalue weighted by Crippen LogP contribution is 2.31. The highest BCUT2D eigenvalue weighted by molar-refractivity contribution is 5.85. The van der Waals surface area contributed by atoms with Crippen molar-refractivity contribution in [1.29, 1.82) is 0 Å². The second-order valence-electron chi connectivity index (χ2n) is 6.40. The minimum Gasteiger partial charge on any atom is -0.391 e. The highest BCUT2D eigenvalue weighted by atomic mass is 35.5. The van der Waals surface area contributed by atoms with Gasteiger partial charge in [0, 0.05) is 13.0 Å². The van der Waals surface area contributed by atoms with Crippen molar-refractivity contribution in [2.75, 3.05) is 0 Å². The molecule has 4 rings (SSSR count). The van der Waals surface area contributed by atoms with Crippen molar-refractivity contribution in [2.45, 2.75) is 25.1 Å². The van der Waals surface area contributed by atoms with Crippen molar-refractivity contribution in [1.82, 2.24) is 5.32 Å². The van der Waals surface area contributed by atoms with Gasteiger partial charge in [0.15, 0.2) is 0 Å². The second-order valence-corrected chi connectivity index (χ2v) is 6.40. The number of aliphatic hydroxyl groups excluding tert-OH is 1. The fourth-order valence-electron chi connectivity index (χ4n) is 3.54. The predicted octanol–water partition coefficient (Wildman–Crippen LogP) is 4.52. The van der Waals surface area contributed by atoms with E-state index >= 15 is 0 Å². The summed E-state index contributed by atoms with van der Waals surface area (Å²) in [5.74, 6) is 0. The number of aliphatic hydroxyl groups is 1. The van der Waals surface area contributed by atoms with E-state index in [4.69, 9.17) is 0 Å². The van der Waals surface area contributed by atoms with E-state index in [-0.39, 0.29) is 24.6 Å². The summed E-state index contributed by atoms with van der Waals surface area (Å²) in [6, 6.07) is 27.3. The molecule has 0 saturated carbocycles. The lowest BCUT2D eigenvalue weighted by atomic mass is 10.0. The first kappa shape index (κ1) is 17.7. The summed E-state index contributed by atoms with van der Waals surface area (Å²) in [5.41, 5.74) is 6.16. The Morgan fingerprint density at radius 3 is 2.40 bits per heavy atom. The largest absolute Gasteiger partial charge is 0.391 e. The molecule has 128 valence electrons.